The Morgan fingerprint density at radius 3 is 2.55 bits per heavy atom. The van der Waals surface area contributed by atoms with Crippen LogP contribution in [0.2, 0.25) is 15.1 Å². The third-order valence-electron chi connectivity index (χ3n) is 5.03. The molecule has 0 atom stereocenters. The number of nitrogens with one attached hydrogen (secondary N) is 1. The van der Waals surface area contributed by atoms with Crippen LogP contribution in [0.5, 0.6) is 11.5 Å². The number of allylic oxidation sites excluding steroid dienone is 1. The molecule has 0 spiro atoms. The lowest BCUT2D eigenvalue weighted by Gasteiger charge is -2.15. The molecule has 3 rings (SSSR count). The fourth-order valence-corrected chi connectivity index (χ4v) is 3.92. The van der Waals surface area contributed by atoms with Crippen molar-refractivity contribution in [3.8, 4) is 11.5 Å². The second-order valence-corrected chi connectivity index (χ2v) is 8.39. The maximum absolute atomic E-state index is 6.49. The molecule has 0 radical (unpaired) electrons. The molecule has 0 bridgehead atoms. The van der Waals surface area contributed by atoms with E-state index in [2.05, 4.69) is 11.4 Å². The summed E-state index contributed by atoms with van der Waals surface area (Å²) in [6.07, 6.45) is 8.59. The molecule has 0 fully saturated rings. The summed E-state index contributed by atoms with van der Waals surface area (Å²) >= 11 is 18.5. The lowest BCUT2D eigenvalue weighted by atomic mass is 9.97. The second-order valence-electron chi connectivity index (χ2n) is 7.17. The molecule has 0 saturated carbocycles. The van der Waals surface area contributed by atoms with E-state index < -0.39 is 0 Å². The topological polar surface area (TPSA) is 30.5 Å². The fraction of sp³-hybridized carbons (Fsp3) is 0.391. The maximum Gasteiger partial charge on any atom is 0.163 e. The lowest BCUT2D eigenvalue weighted by molar-refractivity contribution is 0.284. The van der Waals surface area contributed by atoms with Gasteiger partial charge in [-0.2, -0.15) is 0 Å². The molecule has 1 aliphatic rings. The molecule has 1 N–H and O–H groups in total. The van der Waals surface area contributed by atoms with Crippen LogP contribution >= 0.6 is 34.8 Å². The minimum absolute atomic E-state index is 0.344. The van der Waals surface area contributed by atoms with Crippen LogP contribution in [0.25, 0.3) is 0 Å². The van der Waals surface area contributed by atoms with Crippen molar-refractivity contribution in [1.82, 2.24) is 5.32 Å². The fourth-order valence-electron chi connectivity index (χ4n) is 3.38. The Kier molecular flexibility index (Phi) is 8.55. The van der Waals surface area contributed by atoms with E-state index in [1.807, 2.05) is 12.1 Å². The molecule has 0 aromatic heterocycles. The summed E-state index contributed by atoms with van der Waals surface area (Å²) in [5.74, 6) is 1.25. The van der Waals surface area contributed by atoms with Gasteiger partial charge in [0.1, 0.15) is 6.61 Å². The van der Waals surface area contributed by atoms with Crippen LogP contribution < -0.4 is 14.8 Å². The van der Waals surface area contributed by atoms with Gasteiger partial charge >= 0.3 is 0 Å². The van der Waals surface area contributed by atoms with E-state index >= 15 is 0 Å². The number of rotatable bonds is 9. The maximum atomic E-state index is 6.49. The lowest BCUT2D eigenvalue weighted by Crippen LogP contribution is -2.16. The van der Waals surface area contributed by atoms with Gasteiger partial charge in [-0.15, -0.1) is 0 Å². The van der Waals surface area contributed by atoms with Gasteiger partial charge < -0.3 is 14.8 Å². The predicted octanol–water partition coefficient (Wildman–Crippen LogP) is 7.21. The van der Waals surface area contributed by atoms with Crippen LogP contribution in [-0.4, -0.2) is 13.7 Å². The summed E-state index contributed by atoms with van der Waals surface area (Å²) in [5.41, 5.74) is 3.47. The van der Waals surface area contributed by atoms with Crippen LogP contribution in [0.1, 0.15) is 43.2 Å². The third-order valence-corrected chi connectivity index (χ3v) is 6.13. The van der Waals surface area contributed by atoms with E-state index in [1.165, 1.54) is 25.7 Å². The Bertz CT molecular complexity index is 867. The van der Waals surface area contributed by atoms with Crippen molar-refractivity contribution >= 4 is 34.8 Å². The van der Waals surface area contributed by atoms with E-state index in [4.69, 9.17) is 44.3 Å². The van der Waals surface area contributed by atoms with E-state index in [-0.39, 0.29) is 0 Å². The van der Waals surface area contributed by atoms with Gasteiger partial charge in [0, 0.05) is 17.6 Å². The summed E-state index contributed by atoms with van der Waals surface area (Å²) in [6.45, 7) is 1.98. The molecule has 0 amide bonds. The Labute approximate surface area is 187 Å². The average Bonchev–Trinajstić information content (AvgIpc) is 2.73. The monoisotopic (exact) mass is 453 g/mol. The molecule has 0 aliphatic heterocycles. The quantitative estimate of drug-likeness (QED) is 0.320. The van der Waals surface area contributed by atoms with Gasteiger partial charge in [0.05, 0.1) is 17.2 Å². The van der Waals surface area contributed by atoms with E-state index in [0.717, 1.165) is 24.1 Å². The molecule has 156 valence electrons. The number of hydrogen-bond donors (Lipinski definition) is 1. The van der Waals surface area contributed by atoms with Gasteiger partial charge in [0.25, 0.3) is 0 Å². The van der Waals surface area contributed by atoms with Crippen LogP contribution in [0, 0.1) is 0 Å². The van der Waals surface area contributed by atoms with Crippen molar-refractivity contribution < 1.29 is 9.47 Å². The average molecular weight is 455 g/mol. The van der Waals surface area contributed by atoms with Crippen molar-refractivity contribution in [2.24, 2.45) is 0 Å². The van der Waals surface area contributed by atoms with Crippen molar-refractivity contribution in [2.45, 2.75) is 45.3 Å². The highest BCUT2D eigenvalue weighted by atomic mass is 35.5. The van der Waals surface area contributed by atoms with Crippen LogP contribution in [-0.2, 0) is 13.2 Å². The van der Waals surface area contributed by atoms with Crippen molar-refractivity contribution in [3.63, 3.8) is 0 Å². The highest BCUT2D eigenvalue weighted by Gasteiger charge is 2.12. The van der Waals surface area contributed by atoms with E-state index in [0.29, 0.717) is 39.7 Å². The predicted molar refractivity (Wildman–Crippen MR) is 122 cm³/mol. The van der Waals surface area contributed by atoms with Gasteiger partial charge in [-0.1, -0.05) is 52.5 Å². The van der Waals surface area contributed by atoms with Gasteiger partial charge in [-0.25, -0.2) is 0 Å². The Balaban J connectivity index is 1.57. The minimum atomic E-state index is 0.344. The zero-order valence-corrected chi connectivity index (χ0v) is 18.8. The first-order valence-corrected chi connectivity index (χ1v) is 11.0. The zero-order valence-electron chi connectivity index (χ0n) is 16.6. The largest absolute Gasteiger partial charge is 0.493 e. The van der Waals surface area contributed by atoms with Gasteiger partial charge in [-0.3, -0.25) is 0 Å². The summed E-state index contributed by atoms with van der Waals surface area (Å²) < 4.78 is 11.4. The Hall–Kier alpha value is -1.39. The molecule has 3 nitrogen and oxygen atoms in total. The Morgan fingerprint density at radius 1 is 0.966 bits per heavy atom. The molecule has 1 aliphatic carbocycles. The molecule has 0 saturated heterocycles. The first-order valence-electron chi connectivity index (χ1n) is 9.88. The molecule has 2 aromatic carbocycles. The van der Waals surface area contributed by atoms with E-state index in [1.54, 1.807) is 30.9 Å². The molecule has 0 heterocycles. The van der Waals surface area contributed by atoms with Crippen molar-refractivity contribution in [1.29, 1.82) is 0 Å². The number of methoxy groups -OCH3 is 1. The summed E-state index contributed by atoms with van der Waals surface area (Å²) in [4.78, 5) is 0. The molecule has 2 aromatic rings. The second kappa shape index (κ2) is 11.1. The van der Waals surface area contributed by atoms with Crippen molar-refractivity contribution in [2.75, 3.05) is 13.7 Å². The number of hydrogen-bond acceptors (Lipinski definition) is 3. The smallest absolute Gasteiger partial charge is 0.163 e. The normalized spacial score (nSPS) is 13.9. The summed E-state index contributed by atoms with van der Waals surface area (Å²) in [5, 5.41) is 5.16. The van der Waals surface area contributed by atoms with Crippen LogP contribution in [0.4, 0.5) is 0 Å². The SMILES string of the molecule is COc1cc(CNCCC2=CCCCC2)c(Cl)cc1OCc1ccc(Cl)c(Cl)c1. The van der Waals surface area contributed by atoms with Gasteiger partial charge in [0.2, 0.25) is 0 Å². The van der Waals surface area contributed by atoms with Crippen molar-refractivity contribution in [3.05, 3.63) is 68.2 Å². The van der Waals surface area contributed by atoms with Crippen LogP contribution in [0.15, 0.2) is 42.0 Å². The highest BCUT2D eigenvalue weighted by molar-refractivity contribution is 6.42. The zero-order chi connectivity index (χ0) is 20.6. The molecule has 29 heavy (non-hydrogen) atoms. The molecule has 0 unspecified atom stereocenters. The van der Waals surface area contributed by atoms with Gasteiger partial charge in [-0.05, 0) is 68.0 Å². The Morgan fingerprint density at radius 2 is 1.83 bits per heavy atom. The third kappa shape index (κ3) is 6.55. The first-order chi connectivity index (χ1) is 14.1. The summed E-state index contributed by atoms with van der Waals surface area (Å²) in [6, 6.07) is 9.16. The standard InChI is InChI=1S/C23H26Cl3NO2/c1-28-22-12-18(14-27-10-9-16-5-3-2-4-6-16)20(25)13-23(22)29-15-17-7-8-19(24)21(26)11-17/h5,7-8,11-13,27H,2-4,6,9-10,14-15H2,1H3. The first kappa shape index (κ1) is 22.3. The summed E-state index contributed by atoms with van der Waals surface area (Å²) in [7, 11) is 1.63. The molecular weight excluding hydrogens is 429 g/mol. The molecular formula is C23H26Cl3NO2. The molecule has 6 heteroatoms. The minimum Gasteiger partial charge on any atom is -0.493 e. The van der Waals surface area contributed by atoms with E-state index in [9.17, 15) is 0 Å². The number of halogens is 3. The van der Waals surface area contributed by atoms with Crippen LogP contribution in [0.3, 0.4) is 0 Å². The van der Waals surface area contributed by atoms with Gasteiger partial charge in [0.15, 0.2) is 11.5 Å². The number of ether oxygens (including phenoxy) is 2. The highest BCUT2D eigenvalue weighted by Crippen LogP contribution is 2.34. The number of benzene rings is 2.